The molecule has 0 radical (unpaired) electrons. The van der Waals surface area contributed by atoms with Crippen LogP contribution in [0.4, 0.5) is 19.3 Å². The SMILES string of the molecule is CCC1CCc2c(F)c(F)cc(Br)c2N1C(=O)OCc1ccccc1. The first-order chi connectivity index (χ1) is 12.0. The standard InChI is InChI=1S/C19H18BrF2NO2/c1-2-13-8-9-14-17(22)16(21)10-15(20)18(14)23(13)19(24)25-11-12-6-4-3-5-7-12/h3-7,10,13H,2,8-9,11H2,1H3. The molecule has 0 saturated carbocycles. The van der Waals surface area contributed by atoms with E-state index in [4.69, 9.17) is 4.74 Å². The third kappa shape index (κ3) is 3.54. The van der Waals surface area contributed by atoms with Crippen molar-refractivity contribution in [1.82, 2.24) is 0 Å². The molecular weight excluding hydrogens is 392 g/mol. The second-order valence-corrected chi connectivity index (χ2v) is 6.85. The lowest BCUT2D eigenvalue weighted by Gasteiger charge is -2.36. The summed E-state index contributed by atoms with van der Waals surface area (Å²) in [5.74, 6) is -1.81. The van der Waals surface area contributed by atoms with E-state index in [0.29, 0.717) is 29.4 Å². The zero-order valence-electron chi connectivity index (χ0n) is 13.8. The zero-order valence-corrected chi connectivity index (χ0v) is 15.4. The van der Waals surface area contributed by atoms with Crippen molar-refractivity contribution in [2.45, 2.75) is 38.8 Å². The molecule has 1 amide bonds. The first-order valence-electron chi connectivity index (χ1n) is 8.19. The van der Waals surface area contributed by atoms with E-state index in [1.807, 2.05) is 37.3 Å². The summed E-state index contributed by atoms with van der Waals surface area (Å²) < 4.78 is 33.7. The number of carbonyl (C=O) groups is 1. The molecule has 1 atom stereocenters. The third-order valence-electron chi connectivity index (χ3n) is 4.45. The van der Waals surface area contributed by atoms with E-state index in [0.717, 1.165) is 11.6 Å². The fraction of sp³-hybridized carbons (Fsp3) is 0.316. The molecule has 1 aliphatic rings. The maximum atomic E-state index is 14.2. The Labute approximate surface area is 153 Å². The second-order valence-electron chi connectivity index (χ2n) is 5.99. The van der Waals surface area contributed by atoms with Crippen LogP contribution in [-0.4, -0.2) is 12.1 Å². The van der Waals surface area contributed by atoms with Crippen LogP contribution in [0.1, 0.15) is 30.9 Å². The number of hydrogen-bond donors (Lipinski definition) is 0. The summed E-state index contributed by atoms with van der Waals surface area (Å²) in [5.41, 5.74) is 1.45. The average molecular weight is 410 g/mol. The molecule has 1 unspecified atom stereocenters. The summed E-state index contributed by atoms with van der Waals surface area (Å²) in [7, 11) is 0. The molecule has 3 rings (SSSR count). The van der Waals surface area contributed by atoms with Gasteiger partial charge in [-0.15, -0.1) is 0 Å². The maximum absolute atomic E-state index is 14.2. The molecule has 25 heavy (non-hydrogen) atoms. The Morgan fingerprint density at radius 2 is 2.04 bits per heavy atom. The molecule has 1 heterocycles. The van der Waals surface area contributed by atoms with Crippen LogP contribution >= 0.6 is 15.9 Å². The minimum Gasteiger partial charge on any atom is -0.444 e. The van der Waals surface area contributed by atoms with Gasteiger partial charge in [-0.05, 0) is 46.8 Å². The number of amides is 1. The minimum atomic E-state index is -0.918. The second kappa shape index (κ2) is 7.52. The lowest BCUT2D eigenvalue weighted by Crippen LogP contribution is -2.44. The van der Waals surface area contributed by atoms with Gasteiger partial charge in [-0.25, -0.2) is 13.6 Å². The van der Waals surface area contributed by atoms with Crippen LogP contribution in [0.15, 0.2) is 40.9 Å². The van der Waals surface area contributed by atoms with Gasteiger partial charge < -0.3 is 4.74 Å². The molecule has 0 spiro atoms. The first kappa shape index (κ1) is 17.9. The van der Waals surface area contributed by atoms with Gasteiger partial charge in [-0.3, -0.25) is 4.90 Å². The normalized spacial score (nSPS) is 16.5. The van der Waals surface area contributed by atoms with Crippen molar-refractivity contribution in [3.05, 3.63) is 63.6 Å². The highest BCUT2D eigenvalue weighted by atomic mass is 79.9. The van der Waals surface area contributed by atoms with Gasteiger partial charge in [0.1, 0.15) is 6.61 Å². The van der Waals surface area contributed by atoms with E-state index >= 15 is 0 Å². The summed E-state index contributed by atoms with van der Waals surface area (Å²) in [6.45, 7) is 2.09. The molecule has 3 nitrogen and oxygen atoms in total. The van der Waals surface area contributed by atoms with Crippen molar-refractivity contribution in [3.63, 3.8) is 0 Å². The lowest BCUT2D eigenvalue weighted by molar-refractivity contribution is 0.143. The van der Waals surface area contributed by atoms with Crippen LogP contribution in [0, 0.1) is 11.6 Å². The fourth-order valence-corrected chi connectivity index (χ4v) is 3.79. The topological polar surface area (TPSA) is 29.5 Å². The van der Waals surface area contributed by atoms with Crippen LogP contribution in [0.5, 0.6) is 0 Å². The number of rotatable bonds is 3. The highest BCUT2D eigenvalue weighted by Gasteiger charge is 2.35. The minimum absolute atomic E-state index is 0.114. The summed E-state index contributed by atoms with van der Waals surface area (Å²) in [6, 6.07) is 10.3. The van der Waals surface area contributed by atoms with Gasteiger partial charge in [0.2, 0.25) is 0 Å². The van der Waals surface area contributed by atoms with Crippen LogP contribution in [0.25, 0.3) is 0 Å². The molecule has 0 aliphatic carbocycles. The molecule has 2 aromatic rings. The monoisotopic (exact) mass is 409 g/mol. The Bertz CT molecular complexity index is 783. The number of ether oxygens (including phenoxy) is 1. The van der Waals surface area contributed by atoms with Crippen molar-refractivity contribution < 1.29 is 18.3 Å². The first-order valence-corrected chi connectivity index (χ1v) is 8.98. The molecule has 0 fully saturated rings. The molecule has 2 aromatic carbocycles. The van der Waals surface area contributed by atoms with Crippen LogP contribution < -0.4 is 4.90 Å². The van der Waals surface area contributed by atoms with Crippen LogP contribution in [0.2, 0.25) is 0 Å². The summed E-state index contributed by atoms with van der Waals surface area (Å²) in [5, 5.41) is 0. The Morgan fingerprint density at radius 1 is 1.32 bits per heavy atom. The molecule has 0 saturated heterocycles. The number of benzene rings is 2. The Balaban J connectivity index is 1.91. The summed E-state index contributed by atoms with van der Waals surface area (Å²) >= 11 is 3.27. The van der Waals surface area contributed by atoms with E-state index in [1.54, 1.807) is 0 Å². The van der Waals surface area contributed by atoms with Crippen LogP contribution in [-0.2, 0) is 17.8 Å². The van der Waals surface area contributed by atoms with E-state index in [1.165, 1.54) is 4.90 Å². The third-order valence-corrected chi connectivity index (χ3v) is 5.05. The van der Waals surface area contributed by atoms with Crippen molar-refractivity contribution in [1.29, 1.82) is 0 Å². The van der Waals surface area contributed by atoms with Gasteiger partial charge >= 0.3 is 6.09 Å². The largest absolute Gasteiger partial charge is 0.444 e. The highest BCUT2D eigenvalue weighted by Crippen LogP contribution is 2.40. The van der Waals surface area contributed by atoms with Gasteiger partial charge in [-0.1, -0.05) is 37.3 Å². The zero-order chi connectivity index (χ0) is 18.0. The molecule has 6 heteroatoms. The van der Waals surface area contributed by atoms with Crippen molar-refractivity contribution in [3.8, 4) is 0 Å². The van der Waals surface area contributed by atoms with Gasteiger partial charge in [-0.2, -0.15) is 0 Å². The number of fused-ring (bicyclic) bond motifs is 1. The molecule has 0 aromatic heterocycles. The number of halogens is 3. The smallest absolute Gasteiger partial charge is 0.414 e. The van der Waals surface area contributed by atoms with Gasteiger partial charge in [0.05, 0.1) is 5.69 Å². The quantitative estimate of drug-likeness (QED) is 0.617. The number of nitrogens with zero attached hydrogens (tertiary/aromatic N) is 1. The van der Waals surface area contributed by atoms with Gasteiger partial charge in [0.25, 0.3) is 0 Å². The van der Waals surface area contributed by atoms with Gasteiger partial charge in [0.15, 0.2) is 11.6 Å². The Morgan fingerprint density at radius 3 is 2.72 bits per heavy atom. The predicted molar refractivity (Wildman–Crippen MR) is 95.6 cm³/mol. The van der Waals surface area contributed by atoms with E-state index in [-0.39, 0.29) is 18.2 Å². The lowest BCUT2D eigenvalue weighted by atomic mass is 9.94. The van der Waals surface area contributed by atoms with E-state index in [2.05, 4.69) is 15.9 Å². The average Bonchev–Trinajstić information content (AvgIpc) is 2.64. The Hall–Kier alpha value is -1.95. The molecular formula is C19H18BrF2NO2. The summed E-state index contributed by atoms with van der Waals surface area (Å²) in [6.07, 6.45) is 1.10. The Kier molecular flexibility index (Phi) is 5.37. The van der Waals surface area contributed by atoms with Crippen molar-refractivity contribution in [2.24, 2.45) is 0 Å². The summed E-state index contributed by atoms with van der Waals surface area (Å²) in [4.78, 5) is 14.2. The fourth-order valence-electron chi connectivity index (χ4n) is 3.16. The van der Waals surface area contributed by atoms with Gasteiger partial charge in [0, 0.05) is 16.1 Å². The number of hydrogen-bond acceptors (Lipinski definition) is 2. The molecule has 0 bridgehead atoms. The van der Waals surface area contributed by atoms with E-state index < -0.39 is 17.7 Å². The highest BCUT2D eigenvalue weighted by molar-refractivity contribution is 9.10. The van der Waals surface area contributed by atoms with Crippen molar-refractivity contribution in [2.75, 3.05) is 4.90 Å². The predicted octanol–water partition coefficient (Wildman–Crippen LogP) is 5.60. The number of carbonyl (C=O) groups excluding carboxylic acids is 1. The molecule has 0 N–H and O–H groups in total. The van der Waals surface area contributed by atoms with E-state index in [9.17, 15) is 13.6 Å². The number of anilines is 1. The maximum Gasteiger partial charge on any atom is 0.414 e. The van der Waals surface area contributed by atoms with Crippen molar-refractivity contribution >= 4 is 27.7 Å². The molecule has 1 aliphatic heterocycles. The molecule has 132 valence electrons. The van der Waals surface area contributed by atoms with Crippen LogP contribution in [0.3, 0.4) is 0 Å².